The first-order chi connectivity index (χ1) is 9.60. The minimum atomic E-state index is 0.391. The number of aromatic nitrogens is 2. The Morgan fingerprint density at radius 3 is 2.85 bits per heavy atom. The molecule has 0 fully saturated rings. The Morgan fingerprint density at radius 2 is 2.20 bits per heavy atom. The Morgan fingerprint density at radius 1 is 1.40 bits per heavy atom. The molecule has 1 heterocycles. The summed E-state index contributed by atoms with van der Waals surface area (Å²) in [5.41, 5.74) is 0.965. The summed E-state index contributed by atoms with van der Waals surface area (Å²) < 4.78 is 7.72. The highest BCUT2D eigenvalue weighted by atomic mass is 35.5. The van der Waals surface area contributed by atoms with Gasteiger partial charge < -0.3 is 10.1 Å². The summed E-state index contributed by atoms with van der Waals surface area (Å²) >= 11 is 6.27. The van der Waals surface area contributed by atoms with Gasteiger partial charge in [0, 0.05) is 29.7 Å². The zero-order valence-electron chi connectivity index (χ0n) is 12.1. The van der Waals surface area contributed by atoms with Gasteiger partial charge in [-0.15, -0.1) is 0 Å². The fourth-order valence-corrected chi connectivity index (χ4v) is 2.04. The van der Waals surface area contributed by atoms with Crippen LogP contribution >= 0.6 is 11.6 Å². The van der Waals surface area contributed by atoms with Crippen molar-refractivity contribution in [2.75, 3.05) is 0 Å². The van der Waals surface area contributed by atoms with Crippen LogP contribution in [0.5, 0.6) is 11.5 Å². The van der Waals surface area contributed by atoms with Gasteiger partial charge in [0.25, 0.3) is 0 Å². The first-order valence-electron chi connectivity index (χ1n) is 6.81. The van der Waals surface area contributed by atoms with Crippen LogP contribution in [-0.4, -0.2) is 15.8 Å². The third kappa shape index (κ3) is 3.74. The number of nitrogens with zero attached hydrogens (tertiary/aromatic N) is 2. The van der Waals surface area contributed by atoms with E-state index in [0.29, 0.717) is 17.6 Å². The number of benzene rings is 1. The molecule has 5 heteroatoms. The number of hydrogen-bond acceptors (Lipinski definition) is 3. The summed E-state index contributed by atoms with van der Waals surface area (Å²) in [6.07, 6.45) is 3.59. The highest BCUT2D eigenvalue weighted by Crippen LogP contribution is 2.30. The topological polar surface area (TPSA) is 39.1 Å². The maximum Gasteiger partial charge on any atom is 0.165 e. The van der Waals surface area contributed by atoms with Gasteiger partial charge in [-0.05, 0) is 19.1 Å². The molecule has 0 bridgehead atoms. The second-order valence-electron chi connectivity index (χ2n) is 4.89. The standard InChI is InChI=1S/C15H20ClN3O/c1-4-19-10-12(8-18-19)20-15-7-5-6-14(16)13(15)9-17-11(2)3/h5-8,10-11,17H,4,9H2,1-3H3. The monoisotopic (exact) mass is 293 g/mol. The Hall–Kier alpha value is -1.52. The van der Waals surface area contributed by atoms with Crippen LogP contribution in [0.15, 0.2) is 30.6 Å². The minimum Gasteiger partial charge on any atom is -0.454 e. The zero-order valence-corrected chi connectivity index (χ0v) is 12.8. The molecule has 0 unspecified atom stereocenters. The molecule has 0 amide bonds. The molecule has 0 aliphatic heterocycles. The molecular weight excluding hydrogens is 274 g/mol. The van der Waals surface area contributed by atoms with Crippen molar-refractivity contribution >= 4 is 11.6 Å². The Bertz CT molecular complexity index is 566. The number of halogens is 1. The van der Waals surface area contributed by atoms with E-state index in [-0.39, 0.29) is 0 Å². The molecule has 2 aromatic rings. The first kappa shape index (κ1) is 14.9. The van der Waals surface area contributed by atoms with Crippen LogP contribution in [0.4, 0.5) is 0 Å². The number of ether oxygens (including phenoxy) is 1. The normalized spacial score (nSPS) is 11.1. The van der Waals surface area contributed by atoms with Gasteiger partial charge in [-0.1, -0.05) is 31.5 Å². The molecule has 108 valence electrons. The van der Waals surface area contributed by atoms with E-state index >= 15 is 0 Å². The lowest BCUT2D eigenvalue weighted by molar-refractivity contribution is 0.468. The van der Waals surface area contributed by atoms with Crippen molar-refractivity contribution in [3.8, 4) is 11.5 Å². The molecule has 20 heavy (non-hydrogen) atoms. The highest BCUT2D eigenvalue weighted by Gasteiger charge is 2.10. The van der Waals surface area contributed by atoms with Crippen molar-refractivity contribution in [3.63, 3.8) is 0 Å². The fourth-order valence-electron chi connectivity index (χ4n) is 1.81. The lowest BCUT2D eigenvalue weighted by Crippen LogP contribution is -2.22. The second kappa shape index (κ2) is 6.77. The van der Waals surface area contributed by atoms with E-state index in [1.807, 2.05) is 36.0 Å². The summed E-state index contributed by atoms with van der Waals surface area (Å²) in [4.78, 5) is 0. The third-order valence-corrected chi connectivity index (χ3v) is 3.28. The van der Waals surface area contributed by atoms with Crippen LogP contribution in [0.3, 0.4) is 0 Å². The van der Waals surface area contributed by atoms with Gasteiger partial charge in [-0.3, -0.25) is 4.68 Å². The van der Waals surface area contributed by atoms with Crippen LogP contribution in [0.1, 0.15) is 26.3 Å². The van der Waals surface area contributed by atoms with Gasteiger partial charge in [0.2, 0.25) is 0 Å². The van der Waals surface area contributed by atoms with Gasteiger partial charge in [0.15, 0.2) is 5.75 Å². The van der Waals surface area contributed by atoms with Crippen LogP contribution in [-0.2, 0) is 13.1 Å². The van der Waals surface area contributed by atoms with Gasteiger partial charge in [-0.25, -0.2) is 0 Å². The van der Waals surface area contributed by atoms with Crippen molar-refractivity contribution < 1.29 is 4.74 Å². The molecule has 0 atom stereocenters. The van der Waals surface area contributed by atoms with E-state index in [1.54, 1.807) is 6.20 Å². The molecule has 1 aromatic carbocycles. The maximum atomic E-state index is 6.27. The van der Waals surface area contributed by atoms with Crippen molar-refractivity contribution in [2.45, 2.75) is 39.9 Å². The van der Waals surface area contributed by atoms with Gasteiger partial charge in [-0.2, -0.15) is 5.10 Å². The number of rotatable bonds is 6. The van der Waals surface area contributed by atoms with Crippen LogP contribution in [0.2, 0.25) is 5.02 Å². The number of nitrogens with one attached hydrogen (secondary N) is 1. The van der Waals surface area contributed by atoms with E-state index in [4.69, 9.17) is 16.3 Å². The lowest BCUT2D eigenvalue weighted by Gasteiger charge is -2.14. The zero-order chi connectivity index (χ0) is 14.5. The summed E-state index contributed by atoms with van der Waals surface area (Å²) in [5, 5.41) is 8.27. The molecule has 0 saturated heterocycles. The van der Waals surface area contributed by atoms with Crippen molar-refractivity contribution in [3.05, 3.63) is 41.2 Å². The van der Waals surface area contributed by atoms with E-state index in [0.717, 1.165) is 23.6 Å². The Labute approximate surface area is 124 Å². The molecule has 0 radical (unpaired) electrons. The van der Waals surface area contributed by atoms with Gasteiger partial charge in [0.05, 0.1) is 12.4 Å². The van der Waals surface area contributed by atoms with E-state index in [1.165, 1.54) is 0 Å². The van der Waals surface area contributed by atoms with E-state index in [2.05, 4.69) is 24.3 Å². The number of aryl methyl sites for hydroxylation is 1. The first-order valence-corrected chi connectivity index (χ1v) is 7.19. The lowest BCUT2D eigenvalue weighted by atomic mass is 10.2. The van der Waals surface area contributed by atoms with Crippen LogP contribution in [0, 0.1) is 0 Å². The Balaban J connectivity index is 2.19. The molecule has 1 aromatic heterocycles. The van der Waals surface area contributed by atoms with Crippen LogP contribution in [0.25, 0.3) is 0 Å². The molecule has 0 aliphatic carbocycles. The maximum absolute atomic E-state index is 6.27. The van der Waals surface area contributed by atoms with Crippen molar-refractivity contribution in [1.82, 2.24) is 15.1 Å². The SMILES string of the molecule is CCn1cc(Oc2cccc(Cl)c2CNC(C)C)cn1. The molecule has 0 spiro atoms. The summed E-state index contributed by atoms with van der Waals surface area (Å²) in [5.74, 6) is 1.49. The summed E-state index contributed by atoms with van der Waals surface area (Å²) in [6.45, 7) is 7.73. The predicted molar refractivity (Wildman–Crippen MR) is 81.4 cm³/mol. The van der Waals surface area contributed by atoms with E-state index in [9.17, 15) is 0 Å². The quantitative estimate of drug-likeness (QED) is 0.879. The number of hydrogen-bond donors (Lipinski definition) is 1. The summed E-state index contributed by atoms with van der Waals surface area (Å²) in [6, 6.07) is 6.08. The van der Waals surface area contributed by atoms with Crippen molar-refractivity contribution in [1.29, 1.82) is 0 Å². The van der Waals surface area contributed by atoms with Crippen molar-refractivity contribution in [2.24, 2.45) is 0 Å². The minimum absolute atomic E-state index is 0.391. The molecule has 1 N–H and O–H groups in total. The largest absolute Gasteiger partial charge is 0.454 e. The second-order valence-corrected chi connectivity index (χ2v) is 5.29. The molecular formula is C15H20ClN3O. The molecule has 2 rings (SSSR count). The molecule has 0 saturated carbocycles. The van der Waals surface area contributed by atoms with Gasteiger partial charge in [0.1, 0.15) is 5.75 Å². The fraction of sp³-hybridized carbons (Fsp3) is 0.400. The van der Waals surface area contributed by atoms with Crippen LogP contribution < -0.4 is 10.1 Å². The highest BCUT2D eigenvalue weighted by molar-refractivity contribution is 6.31. The smallest absolute Gasteiger partial charge is 0.165 e. The third-order valence-electron chi connectivity index (χ3n) is 2.92. The summed E-state index contributed by atoms with van der Waals surface area (Å²) in [7, 11) is 0. The Kier molecular flexibility index (Phi) is 5.04. The van der Waals surface area contributed by atoms with E-state index < -0.39 is 0 Å². The average Bonchev–Trinajstić information content (AvgIpc) is 2.85. The predicted octanol–water partition coefficient (Wildman–Crippen LogP) is 3.85. The molecule has 0 aliphatic rings. The average molecular weight is 294 g/mol. The van der Waals surface area contributed by atoms with Gasteiger partial charge >= 0.3 is 0 Å². The molecule has 4 nitrogen and oxygen atoms in total.